The normalized spacial score (nSPS) is 11.1. The lowest BCUT2D eigenvalue weighted by Crippen LogP contribution is -2.46. The minimum absolute atomic E-state index is 0.0110. The molecule has 2 N–H and O–H groups in total. The molecule has 8 heteroatoms. The quantitative estimate of drug-likeness (QED) is 0.317. The number of halogens is 1. The third-order valence-corrected chi connectivity index (χ3v) is 5.56. The molecule has 2 amide bonds. The predicted octanol–water partition coefficient (Wildman–Crippen LogP) is 1.54. The highest BCUT2D eigenvalue weighted by molar-refractivity contribution is 14.1. The maximum Gasteiger partial charge on any atom is 0.259 e. The zero-order valence-corrected chi connectivity index (χ0v) is 15.5. The molecular formula is C16H15IN2O4S. The molecule has 0 aromatic heterocycles. The number of hydrazine groups is 1. The summed E-state index contributed by atoms with van der Waals surface area (Å²) in [4.78, 5) is 24.1. The monoisotopic (exact) mass is 458 g/mol. The van der Waals surface area contributed by atoms with Crippen molar-refractivity contribution in [3.8, 4) is 0 Å². The SMILES string of the molecule is NN(C(=O)Cc1ccc(I)cc1)C(=O)CS(=O)(=O)c1ccccc1. The molecule has 126 valence electrons. The maximum absolute atomic E-state index is 12.2. The first kappa shape index (κ1) is 18.6. The molecular weight excluding hydrogens is 443 g/mol. The van der Waals surface area contributed by atoms with Crippen LogP contribution >= 0.6 is 22.6 Å². The fraction of sp³-hybridized carbons (Fsp3) is 0.125. The van der Waals surface area contributed by atoms with Gasteiger partial charge in [-0.1, -0.05) is 30.3 Å². The van der Waals surface area contributed by atoms with Crippen molar-refractivity contribution in [3.63, 3.8) is 0 Å². The standard InChI is InChI=1S/C16H15IN2O4S/c17-13-8-6-12(7-9-13)10-15(20)19(18)16(21)11-24(22,23)14-4-2-1-3-5-14/h1-9H,10-11,18H2. The van der Waals surface area contributed by atoms with Gasteiger partial charge in [0.1, 0.15) is 5.75 Å². The van der Waals surface area contributed by atoms with E-state index in [0.29, 0.717) is 10.6 Å². The Labute approximate surface area is 153 Å². The van der Waals surface area contributed by atoms with Gasteiger partial charge in [-0.3, -0.25) is 9.59 Å². The maximum atomic E-state index is 12.2. The Morgan fingerprint density at radius 3 is 2.12 bits per heavy atom. The third kappa shape index (κ3) is 4.86. The van der Waals surface area contributed by atoms with Crippen LogP contribution in [0.2, 0.25) is 0 Å². The molecule has 0 unspecified atom stereocenters. The van der Waals surface area contributed by atoms with Crippen LogP contribution in [0.25, 0.3) is 0 Å². The second kappa shape index (κ2) is 7.86. The van der Waals surface area contributed by atoms with Gasteiger partial charge in [0.25, 0.3) is 5.91 Å². The lowest BCUT2D eigenvalue weighted by molar-refractivity contribution is -0.143. The van der Waals surface area contributed by atoms with Crippen LogP contribution < -0.4 is 5.84 Å². The average Bonchev–Trinajstić information content (AvgIpc) is 2.56. The van der Waals surface area contributed by atoms with Crippen molar-refractivity contribution in [1.29, 1.82) is 0 Å². The van der Waals surface area contributed by atoms with Gasteiger partial charge in [-0.05, 0) is 52.4 Å². The number of sulfone groups is 1. The minimum Gasteiger partial charge on any atom is -0.273 e. The number of carbonyl (C=O) groups excluding carboxylic acids is 2. The van der Waals surface area contributed by atoms with Gasteiger partial charge in [-0.2, -0.15) is 0 Å². The Morgan fingerprint density at radius 1 is 0.958 bits per heavy atom. The van der Waals surface area contributed by atoms with Gasteiger partial charge in [-0.25, -0.2) is 19.3 Å². The molecule has 0 aliphatic rings. The van der Waals surface area contributed by atoms with Crippen LogP contribution in [-0.4, -0.2) is 31.0 Å². The van der Waals surface area contributed by atoms with E-state index < -0.39 is 27.4 Å². The second-order valence-electron chi connectivity index (χ2n) is 5.03. The fourth-order valence-corrected chi connectivity index (χ4v) is 3.51. The lowest BCUT2D eigenvalue weighted by atomic mass is 10.1. The van der Waals surface area contributed by atoms with Crippen molar-refractivity contribution in [2.75, 3.05) is 5.75 Å². The van der Waals surface area contributed by atoms with E-state index >= 15 is 0 Å². The molecule has 0 spiro atoms. The summed E-state index contributed by atoms with van der Waals surface area (Å²) in [6, 6.07) is 14.7. The molecule has 0 saturated carbocycles. The summed E-state index contributed by atoms with van der Waals surface area (Å²) in [5.74, 6) is 3.01. The average molecular weight is 458 g/mol. The second-order valence-corrected chi connectivity index (χ2v) is 8.27. The van der Waals surface area contributed by atoms with Crippen molar-refractivity contribution >= 4 is 44.2 Å². The highest BCUT2D eigenvalue weighted by Gasteiger charge is 2.25. The molecule has 0 heterocycles. The number of imide groups is 1. The third-order valence-electron chi connectivity index (χ3n) is 3.22. The molecule has 0 radical (unpaired) electrons. The highest BCUT2D eigenvalue weighted by Crippen LogP contribution is 2.11. The van der Waals surface area contributed by atoms with E-state index in [-0.39, 0.29) is 11.3 Å². The number of nitrogens with zero attached hydrogens (tertiary/aromatic N) is 1. The zero-order valence-electron chi connectivity index (χ0n) is 12.6. The predicted molar refractivity (Wildman–Crippen MR) is 97.4 cm³/mol. The molecule has 24 heavy (non-hydrogen) atoms. The van der Waals surface area contributed by atoms with E-state index in [9.17, 15) is 18.0 Å². The van der Waals surface area contributed by atoms with Crippen LogP contribution in [0.3, 0.4) is 0 Å². The Morgan fingerprint density at radius 2 is 1.54 bits per heavy atom. The summed E-state index contributed by atoms with van der Waals surface area (Å²) < 4.78 is 25.3. The van der Waals surface area contributed by atoms with Gasteiger partial charge in [0.2, 0.25) is 5.91 Å². The van der Waals surface area contributed by atoms with Crippen molar-refractivity contribution in [1.82, 2.24) is 5.01 Å². The number of benzene rings is 2. The van der Waals surface area contributed by atoms with Crippen molar-refractivity contribution in [3.05, 3.63) is 63.7 Å². The Hall–Kier alpha value is -1.78. The van der Waals surface area contributed by atoms with E-state index in [1.165, 1.54) is 12.1 Å². The lowest BCUT2D eigenvalue weighted by Gasteiger charge is -2.15. The van der Waals surface area contributed by atoms with Crippen LogP contribution in [0.4, 0.5) is 0 Å². The molecule has 0 atom stereocenters. The summed E-state index contributed by atoms with van der Waals surface area (Å²) in [7, 11) is -3.84. The van der Waals surface area contributed by atoms with E-state index in [4.69, 9.17) is 5.84 Å². The first-order valence-electron chi connectivity index (χ1n) is 6.92. The highest BCUT2D eigenvalue weighted by atomic mass is 127. The molecule has 0 aliphatic carbocycles. The number of hydrogen-bond donors (Lipinski definition) is 1. The van der Waals surface area contributed by atoms with E-state index in [0.717, 1.165) is 3.57 Å². The molecule has 6 nitrogen and oxygen atoms in total. The summed E-state index contributed by atoms with van der Waals surface area (Å²) >= 11 is 2.13. The van der Waals surface area contributed by atoms with Crippen LogP contribution in [-0.2, 0) is 25.8 Å². The van der Waals surface area contributed by atoms with Gasteiger partial charge >= 0.3 is 0 Å². The molecule has 0 fully saturated rings. The topological polar surface area (TPSA) is 97.5 Å². The number of amides is 2. The van der Waals surface area contributed by atoms with Crippen molar-refractivity contribution < 1.29 is 18.0 Å². The van der Waals surface area contributed by atoms with Crippen LogP contribution in [0.15, 0.2) is 59.5 Å². The van der Waals surface area contributed by atoms with Gasteiger partial charge in [0.05, 0.1) is 11.3 Å². The van der Waals surface area contributed by atoms with Crippen molar-refractivity contribution in [2.24, 2.45) is 5.84 Å². The van der Waals surface area contributed by atoms with Crippen LogP contribution in [0.1, 0.15) is 5.56 Å². The van der Waals surface area contributed by atoms with E-state index in [1.807, 2.05) is 12.1 Å². The number of rotatable bonds is 5. The Kier molecular flexibility index (Phi) is 6.08. The molecule has 2 aromatic carbocycles. The first-order valence-corrected chi connectivity index (χ1v) is 9.65. The zero-order chi connectivity index (χ0) is 17.7. The molecule has 2 aromatic rings. The summed E-state index contributed by atoms with van der Waals surface area (Å²) in [6.07, 6.45) is -0.0788. The molecule has 2 rings (SSSR count). The van der Waals surface area contributed by atoms with Crippen molar-refractivity contribution in [2.45, 2.75) is 11.3 Å². The number of nitrogens with two attached hydrogens (primary N) is 1. The summed E-state index contributed by atoms with van der Waals surface area (Å²) in [6.45, 7) is 0. The summed E-state index contributed by atoms with van der Waals surface area (Å²) in [5.41, 5.74) is 0.689. The fourth-order valence-electron chi connectivity index (χ4n) is 1.94. The van der Waals surface area contributed by atoms with Crippen LogP contribution in [0, 0.1) is 3.57 Å². The van der Waals surface area contributed by atoms with Gasteiger partial charge in [-0.15, -0.1) is 0 Å². The molecule has 0 saturated heterocycles. The van der Waals surface area contributed by atoms with Crippen LogP contribution in [0.5, 0.6) is 0 Å². The molecule has 0 aliphatic heterocycles. The number of hydrogen-bond acceptors (Lipinski definition) is 5. The Balaban J connectivity index is 2.03. The van der Waals surface area contributed by atoms with E-state index in [1.54, 1.807) is 30.3 Å². The molecule has 0 bridgehead atoms. The summed E-state index contributed by atoms with van der Waals surface area (Å²) in [5, 5.41) is 0.373. The Bertz CT molecular complexity index is 836. The van der Waals surface area contributed by atoms with Gasteiger partial charge in [0.15, 0.2) is 9.84 Å². The van der Waals surface area contributed by atoms with Gasteiger partial charge < -0.3 is 0 Å². The smallest absolute Gasteiger partial charge is 0.259 e. The van der Waals surface area contributed by atoms with Gasteiger partial charge in [0, 0.05) is 3.57 Å². The largest absolute Gasteiger partial charge is 0.273 e. The number of carbonyl (C=O) groups is 2. The minimum atomic E-state index is -3.84. The van der Waals surface area contributed by atoms with E-state index in [2.05, 4.69) is 22.6 Å². The first-order chi connectivity index (χ1) is 11.3.